The van der Waals surface area contributed by atoms with Gasteiger partial charge in [0.1, 0.15) is 11.6 Å². The molecule has 7 heteroatoms. The standard InChI is InChI=1S/C24H34N4O3/c1-15-20(16(2)28-27-15)17-11-13-19(14-12-17)25-22(29)21(18-9-7-6-8-10-18)26-23(30)31-24(3,4)5/h11-15,18,21H,6-10H2,1-5H3,(H,25,29)(H,26,30). The van der Waals surface area contributed by atoms with E-state index >= 15 is 0 Å². The molecule has 31 heavy (non-hydrogen) atoms. The quantitative estimate of drug-likeness (QED) is 0.634. The molecule has 0 saturated heterocycles. The Morgan fingerprint density at radius 3 is 2.29 bits per heavy atom. The van der Waals surface area contributed by atoms with Crippen LogP contribution in [0, 0.1) is 5.92 Å². The first-order chi connectivity index (χ1) is 14.6. The number of hydrogen-bond donors (Lipinski definition) is 2. The van der Waals surface area contributed by atoms with Gasteiger partial charge < -0.3 is 15.4 Å². The highest BCUT2D eigenvalue weighted by molar-refractivity contribution is 5.97. The molecule has 1 aliphatic carbocycles. The van der Waals surface area contributed by atoms with Gasteiger partial charge in [0, 0.05) is 11.3 Å². The zero-order valence-electron chi connectivity index (χ0n) is 19.2. The molecule has 2 atom stereocenters. The zero-order valence-corrected chi connectivity index (χ0v) is 19.2. The minimum atomic E-state index is -0.618. The summed E-state index contributed by atoms with van der Waals surface area (Å²) in [6.45, 7) is 9.41. The minimum Gasteiger partial charge on any atom is -0.444 e. The first-order valence-corrected chi connectivity index (χ1v) is 11.2. The van der Waals surface area contributed by atoms with Gasteiger partial charge in [-0.2, -0.15) is 10.2 Å². The van der Waals surface area contributed by atoms with Crippen LogP contribution >= 0.6 is 0 Å². The van der Waals surface area contributed by atoms with E-state index in [1.807, 2.05) is 58.9 Å². The van der Waals surface area contributed by atoms with Gasteiger partial charge in [0.15, 0.2) is 0 Å². The molecule has 0 radical (unpaired) electrons. The van der Waals surface area contributed by atoms with Gasteiger partial charge in [0.25, 0.3) is 0 Å². The highest BCUT2D eigenvalue weighted by Gasteiger charge is 2.32. The Morgan fingerprint density at radius 2 is 1.74 bits per heavy atom. The molecule has 0 bridgehead atoms. The second-order valence-electron chi connectivity index (χ2n) is 9.48. The second kappa shape index (κ2) is 9.62. The molecular formula is C24H34N4O3. The van der Waals surface area contributed by atoms with E-state index in [2.05, 4.69) is 20.9 Å². The van der Waals surface area contributed by atoms with Gasteiger partial charge in [0.05, 0.1) is 11.7 Å². The number of hydrogen-bond acceptors (Lipinski definition) is 5. The largest absolute Gasteiger partial charge is 0.444 e. The van der Waals surface area contributed by atoms with E-state index < -0.39 is 17.7 Å². The van der Waals surface area contributed by atoms with Crippen LogP contribution in [-0.2, 0) is 9.53 Å². The molecule has 1 fully saturated rings. The Kier molecular flexibility index (Phi) is 7.13. The van der Waals surface area contributed by atoms with E-state index in [0.29, 0.717) is 5.69 Å². The van der Waals surface area contributed by atoms with Crippen molar-refractivity contribution in [3.05, 3.63) is 35.5 Å². The third-order valence-electron chi connectivity index (χ3n) is 5.73. The fraction of sp³-hybridized carbons (Fsp3) is 0.583. The van der Waals surface area contributed by atoms with E-state index in [1.165, 1.54) is 6.42 Å². The molecule has 2 amide bonds. The maximum Gasteiger partial charge on any atom is 0.408 e. The van der Waals surface area contributed by atoms with Gasteiger partial charge in [-0.1, -0.05) is 31.4 Å². The number of benzene rings is 1. The van der Waals surface area contributed by atoms with Crippen LogP contribution in [0.15, 0.2) is 40.2 Å². The smallest absolute Gasteiger partial charge is 0.408 e. The Balaban J connectivity index is 1.70. The molecule has 1 saturated carbocycles. The molecule has 7 nitrogen and oxygen atoms in total. The van der Waals surface area contributed by atoms with Crippen molar-refractivity contribution in [2.75, 3.05) is 5.32 Å². The van der Waals surface area contributed by atoms with Gasteiger partial charge in [-0.15, -0.1) is 0 Å². The normalized spacial score (nSPS) is 20.5. The van der Waals surface area contributed by atoms with Crippen molar-refractivity contribution in [2.45, 2.75) is 84.4 Å². The van der Waals surface area contributed by atoms with Crippen molar-refractivity contribution in [3.63, 3.8) is 0 Å². The average molecular weight is 427 g/mol. The summed E-state index contributed by atoms with van der Waals surface area (Å²) in [5.41, 5.74) is 3.14. The van der Waals surface area contributed by atoms with Crippen LogP contribution in [0.3, 0.4) is 0 Å². The second-order valence-corrected chi connectivity index (χ2v) is 9.48. The van der Waals surface area contributed by atoms with Crippen molar-refractivity contribution >= 4 is 23.3 Å². The van der Waals surface area contributed by atoms with E-state index in [4.69, 9.17) is 4.74 Å². The fourth-order valence-corrected chi connectivity index (χ4v) is 4.29. The van der Waals surface area contributed by atoms with Gasteiger partial charge >= 0.3 is 6.09 Å². The Morgan fingerprint density at radius 1 is 1.10 bits per heavy atom. The van der Waals surface area contributed by atoms with E-state index in [9.17, 15) is 9.59 Å². The lowest BCUT2D eigenvalue weighted by molar-refractivity contribution is -0.119. The van der Waals surface area contributed by atoms with Crippen LogP contribution in [0.4, 0.5) is 10.5 Å². The summed E-state index contributed by atoms with van der Waals surface area (Å²) in [4.78, 5) is 25.5. The van der Waals surface area contributed by atoms with Gasteiger partial charge in [-0.25, -0.2) is 4.79 Å². The first-order valence-electron chi connectivity index (χ1n) is 11.2. The van der Waals surface area contributed by atoms with Crippen LogP contribution in [0.1, 0.15) is 72.3 Å². The number of nitrogens with one attached hydrogen (secondary N) is 2. The molecule has 2 aliphatic rings. The maximum absolute atomic E-state index is 13.1. The summed E-state index contributed by atoms with van der Waals surface area (Å²) in [5, 5.41) is 14.2. The minimum absolute atomic E-state index is 0.0363. The average Bonchev–Trinajstić information content (AvgIpc) is 3.04. The van der Waals surface area contributed by atoms with Crippen LogP contribution in [0.5, 0.6) is 0 Å². The number of ether oxygens (including phenoxy) is 1. The molecule has 3 rings (SSSR count). The van der Waals surface area contributed by atoms with Crippen LogP contribution in [0.25, 0.3) is 5.57 Å². The molecule has 1 aromatic rings. The van der Waals surface area contributed by atoms with Gasteiger partial charge in [-0.3, -0.25) is 4.79 Å². The van der Waals surface area contributed by atoms with Crippen molar-refractivity contribution < 1.29 is 14.3 Å². The molecule has 0 aromatic heterocycles. The summed E-state index contributed by atoms with van der Waals surface area (Å²) < 4.78 is 5.40. The third-order valence-corrected chi connectivity index (χ3v) is 5.73. The van der Waals surface area contributed by atoms with Crippen LogP contribution in [0.2, 0.25) is 0 Å². The van der Waals surface area contributed by atoms with Gasteiger partial charge in [0.2, 0.25) is 5.91 Å². The molecule has 0 spiro atoms. The van der Waals surface area contributed by atoms with Crippen LogP contribution in [-0.4, -0.2) is 29.7 Å². The summed E-state index contributed by atoms with van der Waals surface area (Å²) in [6, 6.07) is 7.12. The Labute approximate surface area is 184 Å². The molecule has 168 valence electrons. The Hall–Kier alpha value is -2.70. The number of allylic oxidation sites excluding steroid dienone is 1. The number of nitrogens with zero attached hydrogens (tertiary/aromatic N) is 2. The number of rotatable bonds is 5. The lowest BCUT2D eigenvalue weighted by Gasteiger charge is -2.31. The van der Waals surface area contributed by atoms with Crippen molar-refractivity contribution in [1.29, 1.82) is 0 Å². The van der Waals surface area contributed by atoms with E-state index in [0.717, 1.165) is 42.5 Å². The number of amides is 2. The van der Waals surface area contributed by atoms with Crippen molar-refractivity contribution in [1.82, 2.24) is 5.32 Å². The first kappa shape index (κ1) is 23.0. The van der Waals surface area contributed by atoms with Crippen molar-refractivity contribution in [2.24, 2.45) is 16.1 Å². The summed E-state index contributed by atoms with van der Waals surface area (Å²) >= 11 is 0. The van der Waals surface area contributed by atoms with Crippen LogP contribution < -0.4 is 10.6 Å². The van der Waals surface area contributed by atoms with E-state index in [1.54, 1.807) is 0 Å². The maximum atomic E-state index is 13.1. The topological polar surface area (TPSA) is 92.2 Å². The fourth-order valence-electron chi connectivity index (χ4n) is 4.29. The van der Waals surface area contributed by atoms with E-state index in [-0.39, 0.29) is 17.9 Å². The third kappa shape index (κ3) is 6.15. The predicted molar refractivity (Wildman–Crippen MR) is 122 cm³/mol. The van der Waals surface area contributed by atoms with Crippen molar-refractivity contribution in [3.8, 4) is 0 Å². The molecule has 1 heterocycles. The highest BCUT2D eigenvalue weighted by Crippen LogP contribution is 2.31. The highest BCUT2D eigenvalue weighted by atomic mass is 16.6. The molecule has 1 aromatic carbocycles. The summed E-state index contributed by atoms with van der Waals surface area (Å²) in [6.07, 6.45) is 4.60. The number of carbonyl (C=O) groups excluding carboxylic acids is 2. The summed E-state index contributed by atoms with van der Waals surface area (Å²) in [5.74, 6) is -0.101. The SMILES string of the molecule is CC1=C(c2ccc(NC(=O)C(NC(=O)OC(C)(C)C)C3CCCCC3)cc2)C(C)N=N1. The molecular weight excluding hydrogens is 392 g/mol. The zero-order chi connectivity index (χ0) is 22.6. The lowest BCUT2D eigenvalue weighted by Crippen LogP contribution is -2.50. The lowest BCUT2D eigenvalue weighted by atomic mass is 9.83. The predicted octanol–water partition coefficient (Wildman–Crippen LogP) is 5.68. The number of azo groups is 1. The van der Waals surface area contributed by atoms with Gasteiger partial charge in [-0.05, 0) is 71.1 Å². The number of anilines is 1. The molecule has 2 N–H and O–H groups in total. The number of alkyl carbamates (subject to hydrolysis) is 1. The Bertz CT molecular complexity index is 862. The number of carbonyl (C=O) groups is 2. The molecule has 1 aliphatic heterocycles. The molecule has 2 unspecified atom stereocenters. The summed E-state index contributed by atoms with van der Waals surface area (Å²) in [7, 11) is 0. The monoisotopic (exact) mass is 426 g/mol.